The van der Waals surface area contributed by atoms with E-state index in [0.717, 1.165) is 25.5 Å². The van der Waals surface area contributed by atoms with Gasteiger partial charge < -0.3 is 5.73 Å². The predicted molar refractivity (Wildman–Crippen MR) is 96.7 cm³/mol. The van der Waals surface area contributed by atoms with Gasteiger partial charge in [0.2, 0.25) is 10.0 Å². The molecule has 2 unspecified atom stereocenters. The molecule has 1 aromatic rings. The molecule has 0 amide bonds. The van der Waals surface area contributed by atoms with Gasteiger partial charge >= 0.3 is 0 Å². The van der Waals surface area contributed by atoms with Gasteiger partial charge in [-0.05, 0) is 44.4 Å². The van der Waals surface area contributed by atoms with E-state index >= 15 is 0 Å². The molecule has 9 heteroatoms. The van der Waals surface area contributed by atoms with Crippen LogP contribution in [-0.2, 0) is 19.9 Å². The van der Waals surface area contributed by atoms with Crippen LogP contribution < -0.4 is 5.73 Å². The lowest BCUT2D eigenvalue weighted by atomic mass is 10.00. The molecule has 6 nitrogen and oxygen atoms in total. The standard InChI is InChI=1S/C15H24N2O4S2.ClH/c1-11-7-8-13(22(3,18)19)10-15(11)23(20,21)17-9-5-4-6-14(17)12(2)16;/h7-8,10,12,14H,4-6,9,16H2,1-3H3;1H. The van der Waals surface area contributed by atoms with E-state index in [4.69, 9.17) is 5.73 Å². The Morgan fingerprint density at radius 3 is 2.38 bits per heavy atom. The second kappa shape index (κ2) is 7.70. The molecule has 138 valence electrons. The zero-order valence-electron chi connectivity index (χ0n) is 14.1. The SMILES string of the molecule is Cc1ccc(S(C)(=O)=O)cc1S(=O)(=O)N1CCCCC1C(C)N.Cl. The van der Waals surface area contributed by atoms with E-state index in [-0.39, 0.29) is 34.3 Å². The van der Waals surface area contributed by atoms with Gasteiger partial charge in [0.25, 0.3) is 0 Å². The number of benzene rings is 1. The average Bonchev–Trinajstić information content (AvgIpc) is 2.46. The normalized spacial score (nSPS) is 21.1. The molecular formula is C15H25ClN2O4S2. The Bertz CT molecular complexity index is 792. The molecule has 1 aliphatic rings. The van der Waals surface area contributed by atoms with Crippen LogP contribution >= 0.6 is 12.4 Å². The number of sulfonamides is 1. The summed E-state index contributed by atoms with van der Waals surface area (Å²) in [7, 11) is -7.25. The summed E-state index contributed by atoms with van der Waals surface area (Å²) in [5.74, 6) is 0. The van der Waals surface area contributed by atoms with Gasteiger partial charge in [0.05, 0.1) is 9.79 Å². The summed E-state index contributed by atoms with van der Waals surface area (Å²) in [5.41, 5.74) is 6.50. The summed E-state index contributed by atoms with van der Waals surface area (Å²) in [6, 6.07) is 3.70. The van der Waals surface area contributed by atoms with Crippen molar-refractivity contribution in [2.45, 2.75) is 55.0 Å². The number of hydrogen-bond acceptors (Lipinski definition) is 5. The number of hydrogen-bond donors (Lipinski definition) is 1. The molecule has 0 spiro atoms. The van der Waals surface area contributed by atoms with Crippen LogP contribution in [0.5, 0.6) is 0 Å². The van der Waals surface area contributed by atoms with E-state index in [9.17, 15) is 16.8 Å². The van der Waals surface area contributed by atoms with Crippen molar-refractivity contribution < 1.29 is 16.8 Å². The molecule has 0 aromatic heterocycles. The molecule has 2 atom stereocenters. The van der Waals surface area contributed by atoms with Crippen LogP contribution in [0.15, 0.2) is 28.0 Å². The number of nitrogens with two attached hydrogens (primary N) is 1. The van der Waals surface area contributed by atoms with Gasteiger partial charge in [-0.25, -0.2) is 16.8 Å². The van der Waals surface area contributed by atoms with Crippen molar-refractivity contribution in [2.24, 2.45) is 5.73 Å². The van der Waals surface area contributed by atoms with Gasteiger partial charge in [-0.3, -0.25) is 0 Å². The van der Waals surface area contributed by atoms with Crippen LogP contribution in [0.4, 0.5) is 0 Å². The predicted octanol–water partition coefficient (Wildman–Crippen LogP) is 1.71. The third-order valence-electron chi connectivity index (χ3n) is 4.28. The summed E-state index contributed by atoms with van der Waals surface area (Å²) < 4.78 is 51.1. The molecule has 1 aliphatic heterocycles. The molecule has 1 aromatic carbocycles. The zero-order chi connectivity index (χ0) is 17.4. The second-order valence-corrected chi connectivity index (χ2v) is 10.1. The molecule has 24 heavy (non-hydrogen) atoms. The Hall–Kier alpha value is -0.670. The first-order valence-corrected chi connectivity index (χ1v) is 11.0. The summed E-state index contributed by atoms with van der Waals surface area (Å²) >= 11 is 0. The van der Waals surface area contributed by atoms with Gasteiger partial charge in [-0.2, -0.15) is 4.31 Å². The molecule has 0 bridgehead atoms. The molecule has 0 aliphatic carbocycles. The van der Waals surface area contributed by atoms with Crippen molar-refractivity contribution in [1.29, 1.82) is 0 Å². The topological polar surface area (TPSA) is 97.5 Å². The van der Waals surface area contributed by atoms with Crippen LogP contribution in [0, 0.1) is 6.92 Å². The third-order valence-corrected chi connectivity index (χ3v) is 7.46. The maximum atomic E-state index is 13.1. The lowest BCUT2D eigenvalue weighted by Crippen LogP contribution is -2.51. The second-order valence-electron chi connectivity index (χ2n) is 6.24. The maximum Gasteiger partial charge on any atom is 0.243 e. The minimum absolute atomic E-state index is 0. The quantitative estimate of drug-likeness (QED) is 0.835. The number of piperidine rings is 1. The molecule has 2 rings (SSSR count). The summed E-state index contributed by atoms with van der Waals surface area (Å²) in [6.07, 6.45) is 3.52. The van der Waals surface area contributed by atoms with E-state index in [1.807, 2.05) is 0 Å². The van der Waals surface area contributed by atoms with Gasteiger partial charge in [0, 0.05) is 24.9 Å². The highest BCUT2D eigenvalue weighted by Gasteiger charge is 2.36. The number of sulfone groups is 1. The summed E-state index contributed by atoms with van der Waals surface area (Å²) in [6.45, 7) is 3.89. The highest BCUT2D eigenvalue weighted by atomic mass is 35.5. The fourth-order valence-corrected chi connectivity index (χ4v) is 5.72. The van der Waals surface area contributed by atoms with Gasteiger partial charge in [0.15, 0.2) is 9.84 Å². The summed E-state index contributed by atoms with van der Waals surface area (Å²) in [5, 5.41) is 0. The number of nitrogens with zero attached hydrogens (tertiary/aromatic N) is 1. The molecule has 0 radical (unpaired) electrons. The molecule has 0 saturated carbocycles. The Kier molecular flexibility index (Phi) is 6.85. The van der Waals surface area contributed by atoms with Crippen molar-refractivity contribution in [3.05, 3.63) is 23.8 Å². The first-order valence-electron chi connectivity index (χ1n) is 7.63. The number of aryl methyl sites for hydroxylation is 1. The van der Waals surface area contributed by atoms with Crippen LogP contribution in [0.3, 0.4) is 0 Å². The van der Waals surface area contributed by atoms with Crippen LogP contribution in [-0.4, -0.2) is 46.0 Å². The Morgan fingerprint density at radius 1 is 1.21 bits per heavy atom. The van der Waals surface area contributed by atoms with Crippen molar-refractivity contribution >= 4 is 32.3 Å². The smallest absolute Gasteiger partial charge is 0.243 e. The average molecular weight is 397 g/mol. The van der Waals surface area contributed by atoms with Crippen molar-refractivity contribution in [2.75, 3.05) is 12.8 Å². The van der Waals surface area contributed by atoms with Gasteiger partial charge in [0.1, 0.15) is 0 Å². The van der Waals surface area contributed by atoms with Crippen LogP contribution in [0.25, 0.3) is 0 Å². The number of halogens is 1. The monoisotopic (exact) mass is 396 g/mol. The third kappa shape index (κ3) is 4.29. The molecule has 1 saturated heterocycles. The summed E-state index contributed by atoms with van der Waals surface area (Å²) in [4.78, 5) is 0.0593. The fraction of sp³-hybridized carbons (Fsp3) is 0.600. The Morgan fingerprint density at radius 2 is 1.83 bits per heavy atom. The highest BCUT2D eigenvalue weighted by Crippen LogP contribution is 2.29. The fourth-order valence-electron chi connectivity index (χ4n) is 2.97. The highest BCUT2D eigenvalue weighted by molar-refractivity contribution is 7.91. The van der Waals surface area contributed by atoms with Crippen LogP contribution in [0.2, 0.25) is 0 Å². The Balaban J connectivity index is 0.00000288. The van der Waals surface area contributed by atoms with E-state index < -0.39 is 19.9 Å². The van der Waals surface area contributed by atoms with Crippen molar-refractivity contribution in [1.82, 2.24) is 4.31 Å². The van der Waals surface area contributed by atoms with Gasteiger partial charge in [-0.1, -0.05) is 12.5 Å². The Labute approximate surface area is 150 Å². The van der Waals surface area contributed by atoms with Crippen molar-refractivity contribution in [3.63, 3.8) is 0 Å². The van der Waals surface area contributed by atoms with E-state index in [1.165, 1.54) is 22.5 Å². The van der Waals surface area contributed by atoms with E-state index in [1.54, 1.807) is 13.8 Å². The van der Waals surface area contributed by atoms with Crippen molar-refractivity contribution in [3.8, 4) is 0 Å². The van der Waals surface area contributed by atoms with E-state index in [0.29, 0.717) is 12.1 Å². The molecule has 1 heterocycles. The minimum Gasteiger partial charge on any atom is -0.326 e. The zero-order valence-corrected chi connectivity index (χ0v) is 16.5. The minimum atomic E-state index is -3.78. The lowest BCUT2D eigenvalue weighted by molar-refractivity contribution is 0.227. The first-order chi connectivity index (χ1) is 10.5. The molecule has 2 N–H and O–H groups in total. The maximum absolute atomic E-state index is 13.1. The molecule has 1 fully saturated rings. The van der Waals surface area contributed by atoms with Crippen LogP contribution in [0.1, 0.15) is 31.7 Å². The number of rotatable bonds is 4. The lowest BCUT2D eigenvalue weighted by Gasteiger charge is -2.37. The van der Waals surface area contributed by atoms with Gasteiger partial charge in [-0.15, -0.1) is 12.4 Å². The molecular weight excluding hydrogens is 372 g/mol. The van der Waals surface area contributed by atoms with E-state index in [2.05, 4.69) is 0 Å². The largest absolute Gasteiger partial charge is 0.326 e. The first kappa shape index (κ1) is 21.4.